The molecule has 0 bridgehead atoms. The largest absolute Gasteiger partial charge is 0.490 e. The third kappa shape index (κ3) is 4.18. The van der Waals surface area contributed by atoms with Crippen LogP contribution >= 0.6 is 0 Å². The van der Waals surface area contributed by atoms with E-state index >= 15 is 0 Å². The Hall–Kier alpha value is -1.13. The zero-order chi connectivity index (χ0) is 14.8. The van der Waals surface area contributed by atoms with E-state index in [1.54, 1.807) is 6.07 Å². The van der Waals surface area contributed by atoms with Crippen LogP contribution in [0.2, 0.25) is 0 Å². The Kier molecular flexibility index (Phi) is 4.66. The first-order chi connectivity index (χ1) is 9.42. The lowest BCUT2D eigenvalue weighted by atomic mass is 9.95. The van der Waals surface area contributed by atoms with Crippen LogP contribution in [0.5, 0.6) is 5.75 Å². The predicted molar refractivity (Wildman–Crippen MR) is 77.5 cm³/mol. The van der Waals surface area contributed by atoms with Crippen molar-refractivity contribution < 1.29 is 14.2 Å². The van der Waals surface area contributed by atoms with E-state index in [4.69, 9.17) is 4.74 Å². The highest BCUT2D eigenvalue weighted by Crippen LogP contribution is 2.26. The fourth-order valence-electron chi connectivity index (χ4n) is 2.53. The molecule has 0 aliphatic heterocycles. The summed E-state index contributed by atoms with van der Waals surface area (Å²) in [4.78, 5) is 0. The fraction of sp³-hybridized carbons (Fsp3) is 0.625. The Morgan fingerprint density at radius 1 is 1.50 bits per heavy atom. The predicted octanol–water partition coefficient (Wildman–Crippen LogP) is 2.79. The summed E-state index contributed by atoms with van der Waals surface area (Å²) in [7, 11) is 0. The van der Waals surface area contributed by atoms with Gasteiger partial charge in [-0.2, -0.15) is 0 Å². The highest BCUT2D eigenvalue weighted by molar-refractivity contribution is 5.32. The average Bonchev–Trinajstić information content (AvgIpc) is 3.16. The van der Waals surface area contributed by atoms with E-state index in [0.717, 1.165) is 5.56 Å². The monoisotopic (exact) mass is 281 g/mol. The smallest absolute Gasteiger partial charge is 0.123 e. The van der Waals surface area contributed by atoms with Crippen molar-refractivity contribution in [2.24, 2.45) is 0 Å². The summed E-state index contributed by atoms with van der Waals surface area (Å²) >= 11 is 0. The molecule has 2 N–H and O–H groups in total. The molecule has 2 atom stereocenters. The molecule has 0 heterocycles. The molecule has 112 valence electrons. The molecular formula is C16H24FNO2. The second-order valence-corrected chi connectivity index (χ2v) is 6.18. The van der Waals surface area contributed by atoms with Crippen LogP contribution in [0.4, 0.5) is 4.39 Å². The normalized spacial score (nSPS) is 19.4. The molecule has 2 unspecified atom stereocenters. The number of benzene rings is 1. The highest BCUT2D eigenvalue weighted by atomic mass is 19.1. The van der Waals surface area contributed by atoms with Crippen LogP contribution in [0.1, 0.15) is 38.7 Å². The number of aryl methyl sites for hydroxylation is 1. The molecule has 20 heavy (non-hydrogen) atoms. The van der Waals surface area contributed by atoms with Crippen molar-refractivity contribution in [3.05, 3.63) is 29.6 Å². The molecule has 1 fully saturated rings. The molecule has 0 aromatic heterocycles. The van der Waals surface area contributed by atoms with Gasteiger partial charge in [-0.3, -0.25) is 0 Å². The first kappa shape index (κ1) is 15.3. The van der Waals surface area contributed by atoms with Crippen LogP contribution in [0, 0.1) is 12.7 Å². The minimum atomic E-state index is -0.325. The molecule has 1 aromatic rings. The van der Waals surface area contributed by atoms with Crippen molar-refractivity contribution in [2.75, 3.05) is 6.61 Å². The van der Waals surface area contributed by atoms with Gasteiger partial charge in [-0.1, -0.05) is 0 Å². The molecule has 3 nitrogen and oxygen atoms in total. The maximum absolute atomic E-state index is 13.1. The van der Waals surface area contributed by atoms with Gasteiger partial charge in [-0.25, -0.2) is 4.39 Å². The Morgan fingerprint density at radius 2 is 2.20 bits per heavy atom. The van der Waals surface area contributed by atoms with E-state index in [1.165, 1.54) is 25.0 Å². The molecule has 1 aromatic carbocycles. The summed E-state index contributed by atoms with van der Waals surface area (Å²) in [6.07, 6.45) is 3.02. The molecule has 0 saturated heterocycles. The van der Waals surface area contributed by atoms with E-state index < -0.39 is 0 Å². The van der Waals surface area contributed by atoms with Gasteiger partial charge < -0.3 is 15.2 Å². The third-order valence-corrected chi connectivity index (χ3v) is 3.68. The minimum absolute atomic E-state index is 0.0532. The van der Waals surface area contributed by atoms with E-state index in [-0.39, 0.29) is 24.1 Å². The molecule has 2 rings (SSSR count). The highest BCUT2D eigenvalue weighted by Gasteiger charge is 2.33. The van der Waals surface area contributed by atoms with Gasteiger partial charge in [0.05, 0.1) is 12.7 Å². The van der Waals surface area contributed by atoms with Crippen LogP contribution in [-0.4, -0.2) is 29.4 Å². The number of aliphatic hydroxyl groups excluding tert-OH is 1. The molecule has 0 spiro atoms. The van der Waals surface area contributed by atoms with Gasteiger partial charge in [0.1, 0.15) is 11.6 Å². The summed E-state index contributed by atoms with van der Waals surface area (Å²) in [5.74, 6) is 0.448. The van der Waals surface area contributed by atoms with Gasteiger partial charge in [-0.15, -0.1) is 0 Å². The van der Waals surface area contributed by atoms with Gasteiger partial charge in [0.25, 0.3) is 0 Å². The molecule has 1 aliphatic rings. The number of aliphatic hydroxyl groups is 1. The lowest BCUT2D eigenvalue weighted by molar-refractivity contribution is 0.108. The third-order valence-electron chi connectivity index (χ3n) is 3.68. The summed E-state index contributed by atoms with van der Waals surface area (Å²) < 4.78 is 18.9. The lowest BCUT2D eigenvalue weighted by Gasteiger charge is -2.32. The van der Waals surface area contributed by atoms with Crippen molar-refractivity contribution in [1.82, 2.24) is 5.32 Å². The summed E-state index contributed by atoms with van der Waals surface area (Å²) in [6, 6.07) is 5.07. The molecule has 0 amide bonds. The zero-order valence-electron chi connectivity index (χ0n) is 12.4. The zero-order valence-corrected chi connectivity index (χ0v) is 12.4. The van der Waals surface area contributed by atoms with Crippen LogP contribution in [0.25, 0.3) is 0 Å². The number of hydrogen-bond donors (Lipinski definition) is 2. The van der Waals surface area contributed by atoms with Crippen LogP contribution in [0.3, 0.4) is 0 Å². The summed E-state index contributed by atoms with van der Waals surface area (Å²) in [6.45, 7) is 5.91. The van der Waals surface area contributed by atoms with Crippen LogP contribution < -0.4 is 10.1 Å². The standard InChI is InChI=1S/C16H24FNO2/c1-11-8-13(17)4-7-15(11)20-12(2)9-16(3,10-19)18-14-5-6-14/h4,7-8,12,14,18-19H,5-6,9-10H2,1-3H3. The molecule has 0 radical (unpaired) electrons. The first-order valence-electron chi connectivity index (χ1n) is 7.23. The number of ether oxygens (including phenoxy) is 1. The molecule has 1 aliphatic carbocycles. The van der Waals surface area contributed by atoms with E-state index in [2.05, 4.69) is 5.32 Å². The van der Waals surface area contributed by atoms with Gasteiger partial charge in [0, 0.05) is 18.0 Å². The Bertz CT molecular complexity index is 462. The van der Waals surface area contributed by atoms with Crippen LogP contribution in [0.15, 0.2) is 18.2 Å². The number of nitrogens with one attached hydrogen (secondary N) is 1. The summed E-state index contributed by atoms with van der Waals surface area (Å²) in [5.41, 5.74) is 0.465. The number of hydrogen-bond acceptors (Lipinski definition) is 3. The average molecular weight is 281 g/mol. The maximum Gasteiger partial charge on any atom is 0.123 e. The fourth-order valence-corrected chi connectivity index (χ4v) is 2.53. The Labute approximate surface area is 120 Å². The molecule has 1 saturated carbocycles. The minimum Gasteiger partial charge on any atom is -0.490 e. The molecule has 4 heteroatoms. The number of rotatable bonds is 7. The van der Waals surface area contributed by atoms with Crippen molar-refractivity contribution in [3.8, 4) is 5.75 Å². The topological polar surface area (TPSA) is 41.5 Å². The van der Waals surface area contributed by atoms with Crippen molar-refractivity contribution >= 4 is 0 Å². The quantitative estimate of drug-likeness (QED) is 0.807. The Balaban J connectivity index is 1.94. The lowest BCUT2D eigenvalue weighted by Crippen LogP contribution is -2.49. The second kappa shape index (κ2) is 6.10. The van der Waals surface area contributed by atoms with Crippen molar-refractivity contribution in [1.29, 1.82) is 0 Å². The van der Waals surface area contributed by atoms with Gasteiger partial charge >= 0.3 is 0 Å². The van der Waals surface area contributed by atoms with Crippen molar-refractivity contribution in [3.63, 3.8) is 0 Å². The van der Waals surface area contributed by atoms with E-state index in [9.17, 15) is 9.50 Å². The van der Waals surface area contributed by atoms with Gasteiger partial charge in [0.2, 0.25) is 0 Å². The Morgan fingerprint density at radius 3 is 2.75 bits per heavy atom. The van der Waals surface area contributed by atoms with Crippen LogP contribution in [-0.2, 0) is 0 Å². The van der Waals surface area contributed by atoms with Crippen molar-refractivity contribution in [2.45, 2.75) is 57.7 Å². The SMILES string of the molecule is Cc1cc(F)ccc1OC(C)CC(C)(CO)NC1CC1. The van der Waals surface area contributed by atoms with E-state index in [0.29, 0.717) is 18.2 Å². The maximum atomic E-state index is 13.1. The van der Waals surface area contributed by atoms with E-state index in [1.807, 2.05) is 20.8 Å². The van der Waals surface area contributed by atoms with Gasteiger partial charge in [-0.05, 0) is 57.4 Å². The van der Waals surface area contributed by atoms with Gasteiger partial charge in [0.15, 0.2) is 0 Å². The number of halogens is 1. The first-order valence-corrected chi connectivity index (χ1v) is 7.23. The summed E-state index contributed by atoms with van der Waals surface area (Å²) in [5, 5.41) is 13.1. The molecular weight excluding hydrogens is 257 g/mol. The second-order valence-electron chi connectivity index (χ2n) is 6.18.